The lowest BCUT2D eigenvalue weighted by molar-refractivity contribution is 0.263. The van der Waals surface area contributed by atoms with Gasteiger partial charge < -0.3 is 0 Å². The van der Waals surface area contributed by atoms with Gasteiger partial charge in [-0.3, -0.25) is 4.90 Å². The molecule has 2 aromatic rings. The van der Waals surface area contributed by atoms with Crippen molar-refractivity contribution < 1.29 is 0 Å². The average Bonchev–Trinajstić information content (AvgIpc) is 3.17. The Kier molecular flexibility index (Phi) is 3.83. The van der Waals surface area contributed by atoms with Crippen LogP contribution in [-0.4, -0.2) is 32.8 Å². The van der Waals surface area contributed by atoms with E-state index in [4.69, 9.17) is 0 Å². The Morgan fingerprint density at radius 3 is 2.80 bits per heavy atom. The number of hydrogen-bond donors (Lipinski definition) is 0. The van der Waals surface area contributed by atoms with E-state index in [-0.39, 0.29) is 0 Å². The Morgan fingerprint density at radius 2 is 2.05 bits per heavy atom. The largest absolute Gasteiger partial charge is 0.297 e. The number of aryl methyl sites for hydroxylation is 1. The summed E-state index contributed by atoms with van der Waals surface area (Å²) in [6.45, 7) is 7.68. The van der Waals surface area contributed by atoms with Crippen LogP contribution in [0.5, 0.6) is 0 Å². The Morgan fingerprint density at radius 1 is 1.25 bits per heavy atom. The van der Waals surface area contributed by atoms with Gasteiger partial charge in [0.15, 0.2) is 5.82 Å². The Bertz CT molecular complexity index is 569. The molecule has 4 heteroatoms. The van der Waals surface area contributed by atoms with E-state index >= 15 is 0 Å². The number of nitrogens with zero attached hydrogens (tertiary/aromatic N) is 4. The molecule has 2 heterocycles. The maximum atomic E-state index is 4.39. The van der Waals surface area contributed by atoms with Gasteiger partial charge in [-0.25, -0.2) is 9.67 Å². The zero-order valence-electron chi connectivity index (χ0n) is 12.3. The van der Waals surface area contributed by atoms with Crippen LogP contribution in [0.4, 0.5) is 0 Å². The van der Waals surface area contributed by atoms with Crippen LogP contribution in [0, 0.1) is 0 Å². The fourth-order valence-electron chi connectivity index (χ4n) is 3.00. The molecular weight excluding hydrogens is 248 g/mol. The molecule has 0 aliphatic carbocycles. The third-order valence-corrected chi connectivity index (χ3v) is 4.23. The van der Waals surface area contributed by atoms with Gasteiger partial charge in [-0.1, -0.05) is 18.2 Å². The summed E-state index contributed by atoms with van der Waals surface area (Å²) in [5.74, 6) is 0.961. The highest BCUT2D eigenvalue weighted by atomic mass is 15.3. The fourth-order valence-corrected chi connectivity index (χ4v) is 3.00. The first-order valence-corrected chi connectivity index (χ1v) is 7.51. The Balaban J connectivity index is 1.89. The highest BCUT2D eigenvalue weighted by Crippen LogP contribution is 2.27. The molecule has 0 saturated carbocycles. The molecule has 1 aromatic carbocycles. The first-order chi connectivity index (χ1) is 9.79. The summed E-state index contributed by atoms with van der Waals surface area (Å²) in [4.78, 5) is 6.95. The zero-order valence-corrected chi connectivity index (χ0v) is 12.3. The maximum Gasteiger partial charge on any atom is 0.158 e. The molecule has 0 bridgehead atoms. The molecule has 0 spiro atoms. The maximum absolute atomic E-state index is 4.39. The quantitative estimate of drug-likeness (QED) is 0.856. The lowest BCUT2D eigenvalue weighted by Crippen LogP contribution is -2.23. The number of likely N-dealkylation sites (tertiary alicyclic amines) is 1. The molecule has 20 heavy (non-hydrogen) atoms. The van der Waals surface area contributed by atoms with Crippen LogP contribution in [0.2, 0.25) is 0 Å². The van der Waals surface area contributed by atoms with Crippen molar-refractivity contribution in [1.29, 1.82) is 0 Å². The van der Waals surface area contributed by atoms with Crippen molar-refractivity contribution in [3.8, 4) is 11.4 Å². The summed E-state index contributed by atoms with van der Waals surface area (Å²) in [6.07, 6.45) is 4.29. The minimum atomic E-state index is 0.482. The third-order valence-electron chi connectivity index (χ3n) is 4.23. The predicted octanol–water partition coefficient (Wildman–Crippen LogP) is 3.12. The molecule has 0 radical (unpaired) electrons. The van der Waals surface area contributed by atoms with Crippen molar-refractivity contribution in [2.75, 3.05) is 13.1 Å². The van der Waals surface area contributed by atoms with Gasteiger partial charge in [0, 0.05) is 18.2 Å². The monoisotopic (exact) mass is 270 g/mol. The van der Waals surface area contributed by atoms with Gasteiger partial charge in [-0.05, 0) is 51.4 Å². The van der Waals surface area contributed by atoms with Crippen molar-refractivity contribution >= 4 is 0 Å². The molecule has 4 nitrogen and oxygen atoms in total. The van der Waals surface area contributed by atoms with Gasteiger partial charge in [0.2, 0.25) is 0 Å². The standard InChI is InChI=1S/C16H22N4/c1-3-20-16(17-12-18-20)15-8-6-7-14(11-15)13(2)19-9-4-5-10-19/h6-8,11-13H,3-5,9-10H2,1-2H3/t13-/m0/s1. The second kappa shape index (κ2) is 5.75. The summed E-state index contributed by atoms with van der Waals surface area (Å²) in [7, 11) is 0. The summed E-state index contributed by atoms with van der Waals surface area (Å²) in [5, 5.41) is 4.26. The average molecular weight is 270 g/mol. The zero-order chi connectivity index (χ0) is 13.9. The molecule has 0 N–H and O–H groups in total. The molecule has 1 aromatic heterocycles. The number of benzene rings is 1. The second-order valence-corrected chi connectivity index (χ2v) is 5.44. The van der Waals surface area contributed by atoms with E-state index in [9.17, 15) is 0 Å². The SMILES string of the molecule is CCn1ncnc1-c1cccc([C@H](C)N2CCCC2)c1. The molecule has 1 aliphatic heterocycles. The van der Waals surface area contributed by atoms with Gasteiger partial charge >= 0.3 is 0 Å². The lowest BCUT2D eigenvalue weighted by atomic mass is 10.0. The van der Waals surface area contributed by atoms with Crippen LogP contribution in [0.1, 0.15) is 38.3 Å². The van der Waals surface area contributed by atoms with E-state index in [1.165, 1.54) is 31.5 Å². The third kappa shape index (κ3) is 2.48. The Hall–Kier alpha value is -1.68. The molecule has 0 unspecified atom stereocenters. The highest BCUT2D eigenvalue weighted by Gasteiger charge is 2.20. The first kappa shape index (κ1) is 13.3. The minimum Gasteiger partial charge on any atom is -0.297 e. The van der Waals surface area contributed by atoms with Crippen LogP contribution in [0.25, 0.3) is 11.4 Å². The van der Waals surface area contributed by atoms with Crippen molar-refractivity contribution in [3.63, 3.8) is 0 Å². The molecule has 0 amide bonds. The van der Waals surface area contributed by atoms with E-state index in [0.29, 0.717) is 6.04 Å². The van der Waals surface area contributed by atoms with E-state index in [1.807, 2.05) is 4.68 Å². The summed E-state index contributed by atoms with van der Waals surface area (Å²) in [5.41, 5.74) is 2.53. The fraction of sp³-hybridized carbons (Fsp3) is 0.500. The lowest BCUT2D eigenvalue weighted by Gasteiger charge is -2.24. The summed E-state index contributed by atoms with van der Waals surface area (Å²) >= 11 is 0. The molecule has 1 aliphatic rings. The highest BCUT2D eigenvalue weighted by molar-refractivity contribution is 5.56. The molecular formula is C16H22N4. The topological polar surface area (TPSA) is 34.0 Å². The normalized spacial score (nSPS) is 17.5. The van der Waals surface area contributed by atoms with Crippen LogP contribution in [0.3, 0.4) is 0 Å². The minimum absolute atomic E-state index is 0.482. The number of aromatic nitrogens is 3. The van der Waals surface area contributed by atoms with E-state index < -0.39 is 0 Å². The van der Waals surface area contributed by atoms with Crippen molar-refractivity contribution in [1.82, 2.24) is 19.7 Å². The number of hydrogen-bond acceptors (Lipinski definition) is 3. The van der Waals surface area contributed by atoms with Crippen LogP contribution in [0.15, 0.2) is 30.6 Å². The smallest absolute Gasteiger partial charge is 0.158 e. The van der Waals surface area contributed by atoms with E-state index in [2.05, 4.69) is 53.1 Å². The van der Waals surface area contributed by atoms with Gasteiger partial charge in [0.25, 0.3) is 0 Å². The molecule has 106 valence electrons. The molecule has 1 saturated heterocycles. The first-order valence-electron chi connectivity index (χ1n) is 7.51. The molecule has 1 atom stereocenters. The molecule has 3 rings (SSSR count). The van der Waals surface area contributed by atoms with Crippen LogP contribution >= 0.6 is 0 Å². The van der Waals surface area contributed by atoms with Crippen LogP contribution < -0.4 is 0 Å². The van der Waals surface area contributed by atoms with Gasteiger partial charge in [-0.2, -0.15) is 5.10 Å². The van der Waals surface area contributed by atoms with E-state index in [1.54, 1.807) is 6.33 Å². The summed E-state index contributed by atoms with van der Waals surface area (Å²) < 4.78 is 1.94. The van der Waals surface area contributed by atoms with Crippen molar-refractivity contribution in [2.24, 2.45) is 0 Å². The Labute approximate surface area is 120 Å². The second-order valence-electron chi connectivity index (χ2n) is 5.44. The van der Waals surface area contributed by atoms with Crippen molar-refractivity contribution in [3.05, 3.63) is 36.2 Å². The molecule has 1 fully saturated rings. The van der Waals surface area contributed by atoms with Crippen LogP contribution in [-0.2, 0) is 6.54 Å². The number of rotatable bonds is 4. The van der Waals surface area contributed by atoms with E-state index in [0.717, 1.165) is 17.9 Å². The van der Waals surface area contributed by atoms with Crippen molar-refractivity contribution in [2.45, 2.75) is 39.3 Å². The van der Waals surface area contributed by atoms with Gasteiger partial charge in [0.1, 0.15) is 6.33 Å². The summed E-state index contributed by atoms with van der Waals surface area (Å²) in [6, 6.07) is 9.22. The predicted molar refractivity (Wildman–Crippen MR) is 80.4 cm³/mol. The van der Waals surface area contributed by atoms with Gasteiger partial charge in [0.05, 0.1) is 0 Å². The van der Waals surface area contributed by atoms with Gasteiger partial charge in [-0.15, -0.1) is 0 Å².